The van der Waals surface area contributed by atoms with Gasteiger partial charge in [-0.25, -0.2) is 4.98 Å². The Balaban J connectivity index is 2.61. The zero-order valence-corrected chi connectivity index (χ0v) is 10.6. The predicted molar refractivity (Wildman–Crippen MR) is 69.0 cm³/mol. The van der Waals surface area contributed by atoms with Crippen LogP contribution < -0.4 is 0 Å². The quantitative estimate of drug-likeness (QED) is 0.771. The van der Waals surface area contributed by atoms with Gasteiger partial charge < -0.3 is 0 Å². The lowest BCUT2D eigenvalue weighted by Gasteiger charge is -2.07. The maximum Gasteiger partial charge on any atom is 0.213 e. The molecule has 0 amide bonds. The van der Waals surface area contributed by atoms with E-state index in [2.05, 4.69) is 4.98 Å². The first-order chi connectivity index (χ1) is 8.61. The summed E-state index contributed by atoms with van der Waals surface area (Å²) in [7, 11) is 0. The molecule has 0 bridgehead atoms. The summed E-state index contributed by atoms with van der Waals surface area (Å²) in [4.78, 5) is 3.76. The van der Waals surface area contributed by atoms with E-state index in [1.165, 1.54) is 6.07 Å². The fourth-order valence-electron chi connectivity index (χ4n) is 1.61. The van der Waals surface area contributed by atoms with Crippen LogP contribution in [0.1, 0.15) is 5.56 Å². The molecule has 5 heteroatoms. The molecular formula is C13H7Cl2FN2. The fraction of sp³-hybridized carbons (Fsp3) is 0.0769. The number of halogens is 3. The van der Waals surface area contributed by atoms with Crippen LogP contribution in [0.5, 0.6) is 0 Å². The van der Waals surface area contributed by atoms with E-state index in [0.717, 1.165) is 0 Å². The van der Waals surface area contributed by atoms with E-state index in [4.69, 9.17) is 28.5 Å². The second-order valence-corrected chi connectivity index (χ2v) is 4.43. The highest BCUT2D eigenvalue weighted by Crippen LogP contribution is 2.33. The van der Waals surface area contributed by atoms with Gasteiger partial charge in [0.2, 0.25) is 5.95 Å². The van der Waals surface area contributed by atoms with E-state index in [1.807, 2.05) is 6.07 Å². The summed E-state index contributed by atoms with van der Waals surface area (Å²) in [6.07, 6.45) is 0.106. The van der Waals surface area contributed by atoms with Gasteiger partial charge in [-0.3, -0.25) is 0 Å². The highest BCUT2D eigenvalue weighted by atomic mass is 35.5. The Morgan fingerprint density at radius 3 is 2.50 bits per heavy atom. The van der Waals surface area contributed by atoms with Gasteiger partial charge in [0, 0.05) is 5.56 Å². The first-order valence-electron chi connectivity index (χ1n) is 5.09. The normalized spacial score (nSPS) is 10.1. The van der Waals surface area contributed by atoms with Crippen molar-refractivity contribution in [2.24, 2.45) is 0 Å². The van der Waals surface area contributed by atoms with E-state index in [9.17, 15) is 4.39 Å². The van der Waals surface area contributed by atoms with E-state index in [0.29, 0.717) is 26.9 Å². The van der Waals surface area contributed by atoms with Crippen molar-refractivity contribution in [1.82, 2.24) is 4.98 Å². The van der Waals surface area contributed by atoms with Gasteiger partial charge in [0.05, 0.1) is 28.2 Å². The van der Waals surface area contributed by atoms with Crippen LogP contribution in [0.3, 0.4) is 0 Å². The Morgan fingerprint density at radius 1 is 1.22 bits per heavy atom. The van der Waals surface area contributed by atoms with Gasteiger partial charge >= 0.3 is 0 Å². The Hall–Kier alpha value is -1.63. The maximum absolute atomic E-state index is 13.4. The number of hydrogen-bond acceptors (Lipinski definition) is 2. The average molecular weight is 281 g/mol. The summed E-state index contributed by atoms with van der Waals surface area (Å²) in [6.45, 7) is 0. The average Bonchev–Trinajstić information content (AvgIpc) is 2.28. The number of rotatable bonds is 2. The summed E-state index contributed by atoms with van der Waals surface area (Å²) in [5.41, 5.74) is 1.34. The number of pyridine rings is 1. The Bertz CT molecular complexity index is 615. The molecule has 0 saturated carbocycles. The highest BCUT2D eigenvalue weighted by Gasteiger charge is 2.12. The zero-order valence-electron chi connectivity index (χ0n) is 9.12. The van der Waals surface area contributed by atoms with E-state index < -0.39 is 5.95 Å². The lowest BCUT2D eigenvalue weighted by molar-refractivity contribution is 0.583. The fourth-order valence-corrected chi connectivity index (χ4v) is 2.20. The molecule has 1 heterocycles. The van der Waals surface area contributed by atoms with Gasteiger partial charge in [-0.15, -0.1) is 0 Å². The number of hydrogen-bond donors (Lipinski definition) is 0. The lowest BCUT2D eigenvalue weighted by atomic mass is 10.1. The van der Waals surface area contributed by atoms with Gasteiger partial charge in [-0.05, 0) is 29.8 Å². The minimum atomic E-state index is -0.659. The third-order valence-electron chi connectivity index (χ3n) is 2.36. The Morgan fingerprint density at radius 2 is 1.89 bits per heavy atom. The molecule has 1 aromatic heterocycles. The Labute approximate surface area is 114 Å². The molecule has 90 valence electrons. The first-order valence-corrected chi connectivity index (χ1v) is 5.85. The molecule has 0 spiro atoms. The van der Waals surface area contributed by atoms with Crippen LogP contribution in [0.2, 0.25) is 10.0 Å². The standard InChI is InChI=1S/C13H7Cl2FN2/c14-9-2-1-3-10(15)13(9)11-6-8(4-5-17)7-12(16)18-11/h1-3,6-7H,4H2. The monoisotopic (exact) mass is 280 g/mol. The van der Waals surface area contributed by atoms with Crippen LogP contribution in [0, 0.1) is 17.3 Å². The van der Waals surface area contributed by atoms with Crippen molar-refractivity contribution >= 4 is 23.2 Å². The van der Waals surface area contributed by atoms with Crippen LogP contribution >= 0.6 is 23.2 Å². The van der Waals surface area contributed by atoms with Crippen molar-refractivity contribution in [2.45, 2.75) is 6.42 Å². The van der Waals surface area contributed by atoms with Gasteiger partial charge in [0.1, 0.15) is 0 Å². The molecule has 0 aliphatic carbocycles. The largest absolute Gasteiger partial charge is 0.220 e. The molecule has 2 nitrogen and oxygen atoms in total. The van der Waals surface area contributed by atoms with Crippen LogP contribution in [0.4, 0.5) is 4.39 Å². The molecular weight excluding hydrogens is 274 g/mol. The SMILES string of the molecule is N#CCc1cc(F)nc(-c2c(Cl)cccc2Cl)c1. The van der Waals surface area contributed by atoms with Crippen LogP contribution in [-0.4, -0.2) is 4.98 Å². The molecule has 0 aliphatic rings. The second kappa shape index (κ2) is 5.34. The van der Waals surface area contributed by atoms with Crippen LogP contribution in [0.15, 0.2) is 30.3 Å². The van der Waals surface area contributed by atoms with Crippen molar-refractivity contribution in [3.63, 3.8) is 0 Å². The van der Waals surface area contributed by atoms with E-state index in [1.54, 1.807) is 24.3 Å². The van der Waals surface area contributed by atoms with Crippen molar-refractivity contribution in [1.29, 1.82) is 5.26 Å². The molecule has 0 aliphatic heterocycles. The minimum absolute atomic E-state index is 0.106. The smallest absolute Gasteiger partial charge is 0.213 e. The summed E-state index contributed by atoms with van der Waals surface area (Å²) in [5.74, 6) is -0.659. The van der Waals surface area contributed by atoms with Gasteiger partial charge in [0.25, 0.3) is 0 Å². The molecule has 0 N–H and O–H groups in total. The highest BCUT2D eigenvalue weighted by molar-refractivity contribution is 6.39. The van der Waals surface area contributed by atoms with Gasteiger partial charge in [-0.2, -0.15) is 9.65 Å². The molecule has 2 rings (SSSR count). The molecule has 18 heavy (non-hydrogen) atoms. The van der Waals surface area contributed by atoms with Crippen molar-refractivity contribution < 1.29 is 4.39 Å². The minimum Gasteiger partial charge on any atom is -0.220 e. The van der Waals surface area contributed by atoms with E-state index in [-0.39, 0.29) is 6.42 Å². The van der Waals surface area contributed by atoms with Crippen molar-refractivity contribution in [3.05, 3.63) is 51.9 Å². The van der Waals surface area contributed by atoms with Gasteiger partial charge in [0.15, 0.2) is 0 Å². The summed E-state index contributed by atoms with van der Waals surface area (Å²) in [6, 6.07) is 9.79. The maximum atomic E-state index is 13.4. The molecule has 0 radical (unpaired) electrons. The lowest BCUT2D eigenvalue weighted by Crippen LogP contribution is -1.93. The third kappa shape index (κ3) is 2.61. The summed E-state index contributed by atoms with van der Waals surface area (Å²) in [5, 5.41) is 9.42. The molecule has 0 unspecified atom stereocenters. The van der Waals surface area contributed by atoms with Gasteiger partial charge in [-0.1, -0.05) is 29.3 Å². The number of nitriles is 1. The predicted octanol–water partition coefficient (Wildman–Crippen LogP) is 4.26. The van der Waals surface area contributed by atoms with E-state index >= 15 is 0 Å². The van der Waals surface area contributed by atoms with Crippen molar-refractivity contribution in [2.75, 3.05) is 0 Å². The number of nitrogens with zero attached hydrogens (tertiary/aromatic N) is 2. The molecule has 1 aromatic carbocycles. The summed E-state index contributed by atoms with van der Waals surface area (Å²) >= 11 is 12.1. The second-order valence-electron chi connectivity index (χ2n) is 3.61. The zero-order chi connectivity index (χ0) is 13.1. The molecule has 0 fully saturated rings. The third-order valence-corrected chi connectivity index (χ3v) is 2.99. The molecule has 0 atom stereocenters. The first kappa shape index (κ1) is 12.8. The number of aromatic nitrogens is 1. The van der Waals surface area contributed by atoms with Crippen LogP contribution in [0.25, 0.3) is 11.3 Å². The topological polar surface area (TPSA) is 36.7 Å². The van der Waals surface area contributed by atoms with Crippen molar-refractivity contribution in [3.8, 4) is 17.3 Å². The summed E-state index contributed by atoms with van der Waals surface area (Å²) < 4.78 is 13.4. The number of benzene rings is 1. The van der Waals surface area contributed by atoms with Crippen LogP contribution in [-0.2, 0) is 6.42 Å². The Kier molecular flexibility index (Phi) is 3.81. The molecule has 0 saturated heterocycles. The molecule has 2 aromatic rings.